The predicted molar refractivity (Wildman–Crippen MR) is 80.5 cm³/mol. The van der Waals surface area contributed by atoms with E-state index in [1.807, 2.05) is 43.3 Å². The first kappa shape index (κ1) is 12.8. The van der Waals surface area contributed by atoms with Gasteiger partial charge in [-0.1, -0.05) is 24.3 Å². The third-order valence-electron chi connectivity index (χ3n) is 3.05. The van der Waals surface area contributed by atoms with Crippen molar-refractivity contribution in [2.24, 2.45) is 0 Å². The van der Waals surface area contributed by atoms with E-state index in [-0.39, 0.29) is 0 Å². The molecular formula is C16H13NO2S. The van der Waals surface area contributed by atoms with Crippen molar-refractivity contribution in [2.45, 2.75) is 13.5 Å². The highest BCUT2D eigenvalue weighted by atomic mass is 32.1. The van der Waals surface area contributed by atoms with Gasteiger partial charge in [-0.05, 0) is 30.7 Å². The van der Waals surface area contributed by atoms with Crippen LogP contribution in [-0.4, -0.2) is 11.3 Å². The van der Waals surface area contributed by atoms with Crippen LogP contribution in [0.4, 0.5) is 0 Å². The first-order valence-corrected chi connectivity index (χ1v) is 7.11. The van der Waals surface area contributed by atoms with E-state index in [4.69, 9.17) is 4.74 Å². The molecule has 1 aromatic heterocycles. The average molecular weight is 283 g/mol. The molecule has 0 spiro atoms. The third-order valence-corrected chi connectivity index (χ3v) is 4.06. The van der Waals surface area contributed by atoms with Gasteiger partial charge in [0.1, 0.15) is 17.4 Å². The van der Waals surface area contributed by atoms with Crippen LogP contribution < -0.4 is 4.74 Å². The predicted octanol–water partition coefficient (Wildman–Crippen LogP) is 4.00. The lowest BCUT2D eigenvalue weighted by Crippen LogP contribution is -1.99. The SMILES string of the molecule is Cc1cccc(C=O)c1OCc1nc2ccccc2s1. The molecule has 0 saturated heterocycles. The van der Waals surface area contributed by atoms with Crippen molar-refractivity contribution in [3.8, 4) is 5.75 Å². The first-order chi connectivity index (χ1) is 9.78. The van der Waals surface area contributed by atoms with Gasteiger partial charge < -0.3 is 4.74 Å². The van der Waals surface area contributed by atoms with Gasteiger partial charge in [0.2, 0.25) is 0 Å². The van der Waals surface area contributed by atoms with E-state index >= 15 is 0 Å². The summed E-state index contributed by atoms with van der Waals surface area (Å²) in [5.41, 5.74) is 2.51. The molecule has 4 heteroatoms. The van der Waals surface area contributed by atoms with Crippen LogP contribution in [0.3, 0.4) is 0 Å². The summed E-state index contributed by atoms with van der Waals surface area (Å²) in [6, 6.07) is 13.5. The summed E-state index contributed by atoms with van der Waals surface area (Å²) in [6.07, 6.45) is 0.820. The zero-order valence-corrected chi connectivity index (χ0v) is 11.8. The molecule has 0 unspecified atom stereocenters. The summed E-state index contributed by atoms with van der Waals surface area (Å²) in [5.74, 6) is 0.641. The molecule has 100 valence electrons. The number of fused-ring (bicyclic) bond motifs is 1. The van der Waals surface area contributed by atoms with E-state index in [2.05, 4.69) is 4.98 Å². The highest BCUT2D eigenvalue weighted by molar-refractivity contribution is 7.18. The summed E-state index contributed by atoms with van der Waals surface area (Å²) >= 11 is 1.61. The number of carbonyl (C=O) groups is 1. The zero-order valence-electron chi connectivity index (χ0n) is 11.0. The molecule has 0 saturated carbocycles. The highest BCUT2D eigenvalue weighted by Gasteiger charge is 2.08. The largest absolute Gasteiger partial charge is 0.485 e. The summed E-state index contributed by atoms with van der Waals surface area (Å²) in [6.45, 7) is 2.31. The molecule has 0 aliphatic rings. The maximum absolute atomic E-state index is 11.0. The lowest BCUT2D eigenvalue weighted by atomic mass is 10.1. The number of thiazole rings is 1. The first-order valence-electron chi connectivity index (χ1n) is 6.30. The normalized spacial score (nSPS) is 10.7. The molecule has 0 fully saturated rings. The van der Waals surface area contributed by atoms with Gasteiger partial charge >= 0.3 is 0 Å². The van der Waals surface area contributed by atoms with Gasteiger partial charge in [-0.2, -0.15) is 0 Å². The standard InChI is InChI=1S/C16H13NO2S/c1-11-5-4-6-12(9-18)16(11)19-10-15-17-13-7-2-3-8-14(13)20-15/h2-9H,10H2,1H3. The number of aldehydes is 1. The molecule has 0 bridgehead atoms. The Morgan fingerprint density at radius 2 is 2.05 bits per heavy atom. The summed E-state index contributed by atoms with van der Waals surface area (Å²) in [4.78, 5) is 15.6. The number of aromatic nitrogens is 1. The summed E-state index contributed by atoms with van der Waals surface area (Å²) in [7, 11) is 0. The number of aryl methyl sites for hydroxylation is 1. The van der Waals surface area contributed by atoms with Gasteiger partial charge in [0.05, 0.1) is 15.8 Å². The Labute approximate surface area is 120 Å². The zero-order chi connectivity index (χ0) is 13.9. The van der Waals surface area contributed by atoms with E-state index in [0.29, 0.717) is 17.9 Å². The van der Waals surface area contributed by atoms with Crippen LogP contribution in [0, 0.1) is 6.92 Å². The minimum absolute atomic E-state index is 0.380. The second-order valence-corrected chi connectivity index (χ2v) is 5.59. The number of ether oxygens (including phenoxy) is 1. The number of benzene rings is 2. The molecule has 2 aromatic carbocycles. The number of rotatable bonds is 4. The molecule has 3 nitrogen and oxygen atoms in total. The van der Waals surface area contributed by atoms with Crippen molar-refractivity contribution in [3.05, 3.63) is 58.6 Å². The molecule has 0 N–H and O–H groups in total. The lowest BCUT2D eigenvalue weighted by molar-refractivity contribution is 0.111. The van der Waals surface area contributed by atoms with Gasteiger partial charge in [0, 0.05) is 0 Å². The molecule has 0 aliphatic heterocycles. The van der Waals surface area contributed by atoms with Gasteiger partial charge in [-0.15, -0.1) is 11.3 Å². The van der Waals surface area contributed by atoms with E-state index in [1.165, 1.54) is 0 Å². The Bertz CT molecular complexity index is 731. The molecule has 1 heterocycles. The quantitative estimate of drug-likeness (QED) is 0.679. The van der Waals surface area contributed by atoms with Crippen LogP contribution in [-0.2, 0) is 6.61 Å². The lowest BCUT2D eigenvalue weighted by Gasteiger charge is -2.09. The number of carbonyl (C=O) groups excluding carboxylic acids is 1. The Hall–Kier alpha value is -2.20. The van der Waals surface area contributed by atoms with E-state index in [1.54, 1.807) is 17.4 Å². The van der Waals surface area contributed by atoms with Crippen LogP contribution in [0.2, 0.25) is 0 Å². The van der Waals surface area contributed by atoms with Gasteiger partial charge in [-0.25, -0.2) is 4.98 Å². The van der Waals surface area contributed by atoms with E-state index in [9.17, 15) is 4.79 Å². The van der Waals surface area contributed by atoms with Crippen LogP contribution in [0.15, 0.2) is 42.5 Å². The van der Waals surface area contributed by atoms with Gasteiger partial charge in [-0.3, -0.25) is 4.79 Å². The number of nitrogens with zero attached hydrogens (tertiary/aromatic N) is 1. The van der Waals surface area contributed by atoms with Crippen molar-refractivity contribution in [1.29, 1.82) is 0 Å². The minimum atomic E-state index is 0.380. The topological polar surface area (TPSA) is 39.2 Å². The van der Waals surface area contributed by atoms with Crippen LogP contribution >= 0.6 is 11.3 Å². The Morgan fingerprint density at radius 3 is 2.85 bits per heavy atom. The fourth-order valence-electron chi connectivity index (χ4n) is 2.08. The van der Waals surface area contributed by atoms with Gasteiger partial charge in [0.15, 0.2) is 6.29 Å². The van der Waals surface area contributed by atoms with Crippen LogP contribution in [0.5, 0.6) is 5.75 Å². The molecule has 0 amide bonds. The fraction of sp³-hybridized carbons (Fsp3) is 0.125. The van der Waals surface area contributed by atoms with Gasteiger partial charge in [0.25, 0.3) is 0 Å². The number of hydrogen-bond acceptors (Lipinski definition) is 4. The highest BCUT2D eigenvalue weighted by Crippen LogP contribution is 2.26. The monoisotopic (exact) mass is 283 g/mol. The van der Waals surface area contributed by atoms with Crippen LogP contribution in [0.25, 0.3) is 10.2 Å². The van der Waals surface area contributed by atoms with Crippen molar-refractivity contribution in [1.82, 2.24) is 4.98 Å². The molecule has 0 radical (unpaired) electrons. The number of para-hydroxylation sites is 2. The Kier molecular flexibility index (Phi) is 3.48. The number of hydrogen-bond donors (Lipinski definition) is 0. The minimum Gasteiger partial charge on any atom is -0.485 e. The second kappa shape index (κ2) is 5.43. The molecule has 0 atom stereocenters. The maximum Gasteiger partial charge on any atom is 0.153 e. The Balaban J connectivity index is 1.84. The van der Waals surface area contributed by atoms with E-state index < -0.39 is 0 Å². The van der Waals surface area contributed by atoms with Crippen molar-refractivity contribution in [3.63, 3.8) is 0 Å². The summed E-state index contributed by atoms with van der Waals surface area (Å²) in [5, 5.41) is 0.909. The van der Waals surface area contributed by atoms with E-state index in [0.717, 1.165) is 27.1 Å². The second-order valence-electron chi connectivity index (χ2n) is 4.48. The average Bonchev–Trinajstić information content (AvgIpc) is 2.88. The Morgan fingerprint density at radius 1 is 1.20 bits per heavy atom. The molecule has 3 aromatic rings. The molecule has 0 aliphatic carbocycles. The van der Waals surface area contributed by atoms with Crippen LogP contribution in [0.1, 0.15) is 20.9 Å². The summed E-state index contributed by atoms with van der Waals surface area (Å²) < 4.78 is 6.94. The molecular weight excluding hydrogens is 270 g/mol. The smallest absolute Gasteiger partial charge is 0.153 e. The van der Waals surface area contributed by atoms with Crippen molar-refractivity contribution in [2.75, 3.05) is 0 Å². The van der Waals surface area contributed by atoms with Crippen molar-refractivity contribution < 1.29 is 9.53 Å². The fourth-order valence-corrected chi connectivity index (χ4v) is 2.96. The van der Waals surface area contributed by atoms with Crippen molar-refractivity contribution >= 4 is 27.8 Å². The maximum atomic E-state index is 11.0. The third kappa shape index (κ3) is 2.42. The molecule has 3 rings (SSSR count). The molecule has 20 heavy (non-hydrogen) atoms.